The number of fused-ring (bicyclic) bond motifs is 1. The molecule has 7 heteroatoms. The summed E-state index contributed by atoms with van der Waals surface area (Å²) in [5.74, 6) is 0.842. The minimum absolute atomic E-state index is 0.0318. The first-order chi connectivity index (χ1) is 13.7. The monoisotopic (exact) mass is 377 g/mol. The van der Waals surface area contributed by atoms with Gasteiger partial charge in [0.25, 0.3) is 5.91 Å². The van der Waals surface area contributed by atoms with Crippen molar-refractivity contribution in [2.75, 3.05) is 31.6 Å². The van der Waals surface area contributed by atoms with Crippen molar-refractivity contribution in [2.24, 2.45) is 0 Å². The van der Waals surface area contributed by atoms with Gasteiger partial charge in [0.15, 0.2) is 0 Å². The lowest BCUT2D eigenvalue weighted by Crippen LogP contribution is -2.46. The minimum atomic E-state index is -0.0711. The van der Waals surface area contributed by atoms with E-state index in [2.05, 4.69) is 28.0 Å². The fourth-order valence-electron chi connectivity index (χ4n) is 3.48. The minimum Gasteiger partial charge on any atom is -0.485 e. The smallest absolute Gasteiger partial charge is 0.253 e. The van der Waals surface area contributed by atoms with Gasteiger partial charge in [-0.05, 0) is 43.3 Å². The van der Waals surface area contributed by atoms with Crippen LogP contribution >= 0.6 is 0 Å². The highest BCUT2D eigenvalue weighted by Crippen LogP contribution is 2.32. The summed E-state index contributed by atoms with van der Waals surface area (Å²) < 4.78 is 7.79. The Morgan fingerprint density at radius 3 is 2.71 bits per heavy atom. The van der Waals surface area contributed by atoms with Crippen LogP contribution in [0.25, 0.3) is 5.69 Å². The summed E-state index contributed by atoms with van der Waals surface area (Å²) in [6.07, 6.45) is 3.04. The Morgan fingerprint density at radius 1 is 1.21 bits per heavy atom. The molecule has 0 radical (unpaired) electrons. The molecule has 1 amide bonds. The van der Waals surface area contributed by atoms with Crippen LogP contribution in [0.2, 0.25) is 0 Å². The van der Waals surface area contributed by atoms with Gasteiger partial charge >= 0.3 is 0 Å². The Balaban J connectivity index is 1.43. The Bertz CT molecular complexity index is 940. The van der Waals surface area contributed by atoms with Crippen LogP contribution in [0.5, 0.6) is 5.75 Å². The molecule has 144 valence electrons. The number of likely N-dealkylation sites (N-methyl/N-ethyl adjacent to an activating group) is 2. The van der Waals surface area contributed by atoms with Gasteiger partial charge in [0, 0.05) is 19.2 Å². The number of carbonyl (C=O) groups is 1. The lowest BCUT2D eigenvalue weighted by Gasteiger charge is -2.37. The van der Waals surface area contributed by atoms with Crippen LogP contribution < -0.4 is 9.64 Å². The molecule has 1 atom stereocenters. The molecule has 0 saturated heterocycles. The molecule has 2 aromatic carbocycles. The Morgan fingerprint density at radius 2 is 2.00 bits per heavy atom. The number of hydrogen-bond donors (Lipinski definition) is 0. The fourth-order valence-corrected chi connectivity index (χ4v) is 3.48. The van der Waals surface area contributed by atoms with Gasteiger partial charge in [-0.25, -0.2) is 9.67 Å². The first-order valence-electron chi connectivity index (χ1n) is 9.37. The van der Waals surface area contributed by atoms with Crippen LogP contribution in [0.15, 0.2) is 61.2 Å². The molecule has 0 fully saturated rings. The van der Waals surface area contributed by atoms with Crippen molar-refractivity contribution in [3.05, 3.63) is 66.7 Å². The summed E-state index contributed by atoms with van der Waals surface area (Å²) in [5.41, 5.74) is 2.61. The molecule has 4 rings (SSSR count). The van der Waals surface area contributed by atoms with Gasteiger partial charge in [0.05, 0.1) is 24.5 Å². The quantitative estimate of drug-likeness (QED) is 0.684. The van der Waals surface area contributed by atoms with Gasteiger partial charge in [-0.2, -0.15) is 5.10 Å². The normalized spacial score (nSPS) is 15.6. The molecule has 1 aliphatic heterocycles. The SMILES string of the molecule is CCN1CC(CN(C)C(=O)c2ccc(-n3cncn3)cc2)Oc2ccccc21. The van der Waals surface area contributed by atoms with Crippen molar-refractivity contribution in [3.8, 4) is 11.4 Å². The summed E-state index contributed by atoms with van der Waals surface area (Å²) in [6.45, 7) is 4.31. The van der Waals surface area contributed by atoms with E-state index in [1.807, 2.05) is 49.5 Å². The van der Waals surface area contributed by atoms with E-state index in [-0.39, 0.29) is 12.0 Å². The zero-order valence-electron chi connectivity index (χ0n) is 16.0. The topological polar surface area (TPSA) is 63.5 Å². The van der Waals surface area contributed by atoms with Crippen LogP contribution in [0, 0.1) is 0 Å². The molecule has 0 aliphatic carbocycles. The van der Waals surface area contributed by atoms with Crippen LogP contribution in [0.4, 0.5) is 5.69 Å². The predicted molar refractivity (Wildman–Crippen MR) is 107 cm³/mol. The third-order valence-electron chi connectivity index (χ3n) is 4.93. The maximum atomic E-state index is 12.8. The molecule has 0 bridgehead atoms. The molecule has 28 heavy (non-hydrogen) atoms. The molecule has 0 spiro atoms. The van der Waals surface area contributed by atoms with Crippen LogP contribution in [0.3, 0.4) is 0 Å². The lowest BCUT2D eigenvalue weighted by molar-refractivity contribution is 0.0709. The first kappa shape index (κ1) is 18.0. The highest BCUT2D eigenvalue weighted by Gasteiger charge is 2.27. The van der Waals surface area contributed by atoms with Gasteiger partial charge in [-0.3, -0.25) is 4.79 Å². The van der Waals surface area contributed by atoms with Crippen molar-refractivity contribution in [1.29, 1.82) is 0 Å². The standard InChI is InChI=1S/C21H23N5O2/c1-3-25-13-18(28-20-7-5-4-6-19(20)25)12-24(2)21(27)16-8-10-17(11-9-16)26-15-22-14-23-26/h4-11,14-15,18H,3,12-13H2,1-2H3. The summed E-state index contributed by atoms with van der Waals surface area (Å²) in [4.78, 5) is 20.8. The number of aromatic nitrogens is 3. The summed E-state index contributed by atoms with van der Waals surface area (Å²) in [7, 11) is 1.81. The van der Waals surface area contributed by atoms with E-state index in [1.165, 1.54) is 6.33 Å². The van der Waals surface area contributed by atoms with E-state index in [0.717, 1.165) is 30.2 Å². The summed E-state index contributed by atoms with van der Waals surface area (Å²) in [6, 6.07) is 15.4. The number of rotatable bonds is 5. The summed E-state index contributed by atoms with van der Waals surface area (Å²) >= 11 is 0. The van der Waals surface area contributed by atoms with Gasteiger partial charge < -0.3 is 14.5 Å². The second-order valence-corrected chi connectivity index (χ2v) is 6.82. The largest absolute Gasteiger partial charge is 0.485 e. The maximum Gasteiger partial charge on any atom is 0.253 e. The molecule has 1 unspecified atom stereocenters. The molecule has 7 nitrogen and oxygen atoms in total. The number of para-hydroxylation sites is 2. The molecule has 0 saturated carbocycles. The molecular weight excluding hydrogens is 354 g/mol. The number of ether oxygens (including phenoxy) is 1. The number of benzene rings is 2. The van der Waals surface area contributed by atoms with E-state index in [9.17, 15) is 4.79 Å². The lowest BCUT2D eigenvalue weighted by atomic mass is 10.1. The van der Waals surface area contributed by atoms with Gasteiger partial charge in [0.2, 0.25) is 0 Å². The molecular formula is C21H23N5O2. The Labute approximate surface area is 164 Å². The maximum absolute atomic E-state index is 12.8. The Hall–Kier alpha value is -3.35. The molecule has 1 aliphatic rings. The summed E-state index contributed by atoms with van der Waals surface area (Å²) in [5, 5.41) is 4.10. The molecule has 0 N–H and O–H groups in total. The van der Waals surface area contributed by atoms with Gasteiger partial charge in [-0.15, -0.1) is 0 Å². The van der Waals surface area contributed by atoms with Crippen molar-refractivity contribution >= 4 is 11.6 Å². The van der Waals surface area contributed by atoms with E-state index < -0.39 is 0 Å². The van der Waals surface area contributed by atoms with E-state index in [1.54, 1.807) is 15.9 Å². The van der Waals surface area contributed by atoms with Crippen molar-refractivity contribution < 1.29 is 9.53 Å². The highest BCUT2D eigenvalue weighted by atomic mass is 16.5. The van der Waals surface area contributed by atoms with Crippen LogP contribution in [-0.2, 0) is 0 Å². The zero-order chi connectivity index (χ0) is 19.5. The van der Waals surface area contributed by atoms with E-state index in [4.69, 9.17) is 4.74 Å². The average Bonchev–Trinajstić information content (AvgIpc) is 3.27. The predicted octanol–water partition coefficient (Wildman–Crippen LogP) is 2.63. The first-order valence-corrected chi connectivity index (χ1v) is 9.37. The van der Waals surface area contributed by atoms with Crippen molar-refractivity contribution in [2.45, 2.75) is 13.0 Å². The number of anilines is 1. The zero-order valence-corrected chi connectivity index (χ0v) is 16.0. The Kier molecular flexibility index (Phi) is 4.97. The number of nitrogens with zero attached hydrogens (tertiary/aromatic N) is 5. The molecule has 1 aromatic heterocycles. The number of carbonyl (C=O) groups excluding carboxylic acids is 1. The third kappa shape index (κ3) is 3.55. The highest BCUT2D eigenvalue weighted by molar-refractivity contribution is 5.94. The number of amides is 1. The second kappa shape index (κ2) is 7.72. The van der Waals surface area contributed by atoms with Crippen molar-refractivity contribution in [3.63, 3.8) is 0 Å². The van der Waals surface area contributed by atoms with Crippen molar-refractivity contribution in [1.82, 2.24) is 19.7 Å². The average molecular weight is 377 g/mol. The van der Waals surface area contributed by atoms with E-state index in [0.29, 0.717) is 12.1 Å². The van der Waals surface area contributed by atoms with E-state index >= 15 is 0 Å². The second-order valence-electron chi connectivity index (χ2n) is 6.82. The molecule has 2 heterocycles. The third-order valence-corrected chi connectivity index (χ3v) is 4.93. The molecule has 3 aromatic rings. The van der Waals surface area contributed by atoms with Gasteiger partial charge in [0.1, 0.15) is 24.5 Å². The van der Waals surface area contributed by atoms with Gasteiger partial charge in [-0.1, -0.05) is 12.1 Å². The van der Waals surface area contributed by atoms with Crippen LogP contribution in [-0.4, -0.2) is 58.4 Å². The number of hydrogen-bond acceptors (Lipinski definition) is 5. The fraction of sp³-hybridized carbons (Fsp3) is 0.286. The van der Waals surface area contributed by atoms with Crippen LogP contribution in [0.1, 0.15) is 17.3 Å².